The lowest BCUT2D eigenvalue weighted by molar-refractivity contribution is -0.132. The van der Waals surface area contributed by atoms with E-state index in [2.05, 4.69) is 16.1 Å². The maximum atomic E-state index is 12.8. The molecule has 0 aliphatic carbocycles. The lowest BCUT2D eigenvalue weighted by Crippen LogP contribution is -2.49. The molecule has 3 amide bonds. The van der Waals surface area contributed by atoms with Gasteiger partial charge in [-0.15, -0.1) is 0 Å². The molecule has 2 aromatic carbocycles. The molecular weight excluding hydrogens is 348 g/mol. The maximum absolute atomic E-state index is 12.8. The van der Waals surface area contributed by atoms with Crippen LogP contribution in [0.3, 0.4) is 0 Å². The molecule has 0 radical (unpaired) electrons. The van der Waals surface area contributed by atoms with E-state index in [0.717, 1.165) is 21.8 Å². The Hall–Kier alpha value is -2.93. The van der Waals surface area contributed by atoms with Crippen molar-refractivity contribution in [1.29, 1.82) is 0 Å². The number of benzene rings is 2. The molecule has 1 saturated heterocycles. The highest BCUT2D eigenvalue weighted by Gasteiger charge is 2.49. The number of hydrogen-bond acceptors (Lipinski definition) is 3. The number of carbonyl (C=O) groups excluding carboxylic acids is 2. The first-order chi connectivity index (χ1) is 12.3. The van der Waals surface area contributed by atoms with Gasteiger partial charge in [-0.2, -0.15) is 5.01 Å². The van der Waals surface area contributed by atoms with Gasteiger partial charge in [-0.05, 0) is 61.8 Å². The topological polar surface area (TPSA) is 73.5 Å². The van der Waals surface area contributed by atoms with Crippen LogP contribution in [0.1, 0.15) is 23.6 Å². The van der Waals surface area contributed by atoms with Gasteiger partial charge in [0, 0.05) is 5.69 Å². The van der Waals surface area contributed by atoms with Crippen LogP contribution in [0.15, 0.2) is 48.5 Å². The minimum Gasteiger partial charge on any atom is -0.331 e. The Bertz CT molecular complexity index is 864. The molecular formula is C19H20N4O2S. The summed E-state index contributed by atoms with van der Waals surface area (Å²) in [6, 6.07) is 14.5. The third kappa shape index (κ3) is 3.39. The van der Waals surface area contributed by atoms with Gasteiger partial charge in [-0.25, -0.2) is 4.79 Å². The van der Waals surface area contributed by atoms with Gasteiger partial charge in [0.05, 0.1) is 0 Å². The summed E-state index contributed by atoms with van der Waals surface area (Å²) in [7, 11) is 0. The Labute approximate surface area is 157 Å². The Balaban J connectivity index is 1.74. The third-order valence-electron chi connectivity index (χ3n) is 4.23. The molecule has 0 aromatic heterocycles. The zero-order chi connectivity index (χ0) is 18.9. The molecule has 1 heterocycles. The summed E-state index contributed by atoms with van der Waals surface area (Å²) in [5, 5.41) is 6.80. The van der Waals surface area contributed by atoms with E-state index >= 15 is 0 Å². The maximum Gasteiger partial charge on any atom is 0.344 e. The van der Waals surface area contributed by atoms with Gasteiger partial charge in [0.15, 0.2) is 5.11 Å². The van der Waals surface area contributed by atoms with Gasteiger partial charge in [-0.1, -0.05) is 36.4 Å². The van der Waals surface area contributed by atoms with E-state index in [1.165, 1.54) is 0 Å². The predicted molar refractivity (Wildman–Crippen MR) is 104 cm³/mol. The second-order valence-corrected chi connectivity index (χ2v) is 6.91. The van der Waals surface area contributed by atoms with E-state index in [9.17, 15) is 9.59 Å². The summed E-state index contributed by atoms with van der Waals surface area (Å²) < 4.78 is 0. The van der Waals surface area contributed by atoms with Crippen LogP contribution in [-0.4, -0.2) is 22.1 Å². The SMILES string of the molecule is Cc1cc(C)cc(NC(=S)NN2C(=O)N[C@@](C)(c3ccccc3)C2=O)c1. The van der Waals surface area contributed by atoms with Crippen molar-refractivity contribution >= 4 is 35.0 Å². The van der Waals surface area contributed by atoms with Crippen molar-refractivity contribution in [1.82, 2.24) is 15.8 Å². The second kappa shape index (κ2) is 6.76. The molecule has 0 spiro atoms. The number of anilines is 1. The fraction of sp³-hybridized carbons (Fsp3) is 0.211. The van der Waals surface area contributed by atoms with Crippen molar-refractivity contribution in [2.24, 2.45) is 0 Å². The number of rotatable bonds is 3. The number of urea groups is 1. The smallest absolute Gasteiger partial charge is 0.331 e. The fourth-order valence-corrected chi connectivity index (χ4v) is 3.22. The van der Waals surface area contributed by atoms with Gasteiger partial charge in [0.2, 0.25) is 0 Å². The number of nitrogens with zero attached hydrogens (tertiary/aromatic N) is 1. The Morgan fingerprint density at radius 1 is 1.08 bits per heavy atom. The average Bonchev–Trinajstić information content (AvgIpc) is 2.79. The molecule has 2 aromatic rings. The first-order valence-corrected chi connectivity index (χ1v) is 8.58. The number of amides is 3. The zero-order valence-electron chi connectivity index (χ0n) is 14.8. The average molecular weight is 368 g/mol. The van der Waals surface area contributed by atoms with Crippen molar-refractivity contribution in [3.05, 3.63) is 65.2 Å². The molecule has 0 saturated carbocycles. The van der Waals surface area contributed by atoms with Crippen LogP contribution in [0.5, 0.6) is 0 Å². The van der Waals surface area contributed by atoms with E-state index in [1.54, 1.807) is 19.1 Å². The highest BCUT2D eigenvalue weighted by atomic mass is 32.1. The molecule has 0 bridgehead atoms. The number of thiocarbonyl (C=S) groups is 1. The first kappa shape index (κ1) is 17.9. The van der Waals surface area contributed by atoms with Gasteiger partial charge >= 0.3 is 6.03 Å². The van der Waals surface area contributed by atoms with E-state index in [0.29, 0.717) is 5.56 Å². The molecule has 1 fully saturated rings. The lowest BCUT2D eigenvalue weighted by Gasteiger charge is -2.22. The minimum absolute atomic E-state index is 0.163. The van der Waals surface area contributed by atoms with Gasteiger partial charge in [0.25, 0.3) is 5.91 Å². The summed E-state index contributed by atoms with van der Waals surface area (Å²) in [6.45, 7) is 5.64. The van der Waals surface area contributed by atoms with Crippen LogP contribution in [0.25, 0.3) is 0 Å². The van der Waals surface area contributed by atoms with Gasteiger partial charge < -0.3 is 10.6 Å². The standard InChI is InChI=1S/C19H20N4O2S/c1-12-9-13(2)11-15(10-12)20-17(26)22-23-16(24)19(3,21-18(23)25)14-7-5-4-6-8-14/h4-11H,1-3H3,(H,21,25)(H2,20,22,26)/t19-/m0/s1. The quantitative estimate of drug-likeness (QED) is 0.574. The number of carbonyl (C=O) groups is 2. The second-order valence-electron chi connectivity index (χ2n) is 6.50. The number of hydrazine groups is 1. The Morgan fingerprint density at radius 3 is 2.31 bits per heavy atom. The van der Waals surface area contributed by atoms with Crippen LogP contribution in [0.4, 0.5) is 10.5 Å². The summed E-state index contributed by atoms with van der Waals surface area (Å²) in [5.41, 5.74) is 5.21. The molecule has 0 unspecified atom stereocenters. The van der Waals surface area contributed by atoms with Crippen LogP contribution >= 0.6 is 12.2 Å². The van der Waals surface area contributed by atoms with E-state index in [-0.39, 0.29) is 5.11 Å². The molecule has 26 heavy (non-hydrogen) atoms. The highest BCUT2D eigenvalue weighted by molar-refractivity contribution is 7.80. The summed E-state index contributed by atoms with van der Waals surface area (Å²) in [4.78, 5) is 25.1. The van der Waals surface area contributed by atoms with Crippen molar-refractivity contribution in [3.8, 4) is 0 Å². The van der Waals surface area contributed by atoms with Crippen LogP contribution < -0.4 is 16.1 Å². The largest absolute Gasteiger partial charge is 0.344 e. The van der Waals surface area contributed by atoms with Gasteiger partial charge in [-0.3, -0.25) is 10.2 Å². The minimum atomic E-state index is -1.14. The monoisotopic (exact) mass is 368 g/mol. The van der Waals surface area contributed by atoms with Crippen molar-refractivity contribution in [2.75, 3.05) is 5.32 Å². The number of nitrogens with one attached hydrogen (secondary N) is 3. The molecule has 134 valence electrons. The molecule has 7 heteroatoms. The van der Waals surface area contributed by atoms with Crippen LogP contribution in [-0.2, 0) is 10.3 Å². The predicted octanol–water partition coefficient (Wildman–Crippen LogP) is 2.97. The number of aryl methyl sites for hydroxylation is 2. The Morgan fingerprint density at radius 2 is 1.69 bits per heavy atom. The molecule has 1 aliphatic heterocycles. The third-order valence-corrected chi connectivity index (χ3v) is 4.43. The molecule has 6 nitrogen and oxygen atoms in total. The van der Waals surface area contributed by atoms with Crippen molar-refractivity contribution < 1.29 is 9.59 Å². The highest BCUT2D eigenvalue weighted by Crippen LogP contribution is 2.27. The van der Waals surface area contributed by atoms with E-state index in [4.69, 9.17) is 12.2 Å². The number of hydrogen-bond donors (Lipinski definition) is 3. The molecule has 3 rings (SSSR count). The zero-order valence-corrected chi connectivity index (χ0v) is 15.6. The normalized spacial score (nSPS) is 19.3. The van der Waals surface area contributed by atoms with E-state index in [1.807, 2.05) is 50.2 Å². The number of imide groups is 1. The van der Waals surface area contributed by atoms with Crippen LogP contribution in [0, 0.1) is 13.8 Å². The van der Waals surface area contributed by atoms with Crippen LogP contribution in [0.2, 0.25) is 0 Å². The van der Waals surface area contributed by atoms with Crippen molar-refractivity contribution in [3.63, 3.8) is 0 Å². The summed E-state index contributed by atoms with van der Waals surface area (Å²) in [6.07, 6.45) is 0. The molecule has 1 atom stereocenters. The fourth-order valence-electron chi connectivity index (χ4n) is 3.02. The summed E-state index contributed by atoms with van der Waals surface area (Å²) >= 11 is 5.26. The van der Waals surface area contributed by atoms with Crippen molar-refractivity contribution in [2.45, 2.75) is 26.3 Å². The summed E-state index contributed by atoms with van der Waals surface area (Å²) in [5.74, 6) is -0.418. The van der Waals surface area contributed by atoms with Gasteiger partial charge in [0.1, 0.15) is 5.54 Å². The Kier molecular flexibility index (Phi) is 4.65. The lowest BCUT2D eigenvalue weighted by atomic mass is 9.92. The van der Waals surface area contributed by atoms with E-state index < -0.39 is 17.5 Å². The first-order valence-electron chi connectivity index (χ1n) is 8.18. The molecule has 3 N–H and O–H groups in total. The molecule has 1 aliphatic rings.